The van der Waals surface area contributed by atoms with Gasteiger partial charge in [-0.05, 0) is 137 Å². The lowest BCUT2D eigenvalue weighted by molar-refractivity contribution is -0.189. The molecule has 8 bridgehead atoms. The zero-order valence-corrected chi connectivity index (χ0v) is 37.0. The van der Waals surface area contributed by atoms with E-state index in [0.29, 0.717) is 52.0 Å². The molecule has 4 atom stereocenters. The SMILES string of the molecule is Cc1cc2nnccc2cc1Nc1ncc2c(n1)n(C13CC4CC(CC(On5c(=O)n(C67CC8CC(CC(O)(C8)C6)C7)c6nc(Nc7cc8ccnnc8cc7F)ncc65)(C4)C1)C3)c(=O)n2C. The maximum Gasteiger partial charge on any atom is 0.363 e. The van der Waals surface area contributed by atoms with Crippen molar-refractivity contribution in [3.05, 3.63) is 93.5 Å². The first-order valence-corrected chi connectivity index (χ1v) is 23.4. The number of rotatable bonds is 8. The third kappa shape index (κ3) is 5.81. The van der Waals surface area contributed by atoms with Gasteiger partial charge in [-0.1, -0.05) is 0 Å². The summed E-state index contributed by atoms with van der Waals surface area (Å²) < 4.78 is 22.3. The Hall–Kier alpha value is -6.89. The minimum absolute atomic E-state index is 0.118. The van der Waals surface area contributed by atoms with E-state index in [4.69, 9.17) is 14.8 Å². The number of nitrogens with one attached hydrogen (secondary N) is 2. The molecular weight excluding hydrogens is 856 g/mol. The molecule has 19 heteroatoms. The third-order valence-electron chi connectivity index (χ3n) is 16.5. The Balaban J connectivity index is 0.868. The van der Waals surface area contributed by atoms with Crippen LogP contribution in [0.2, 0.25) is 0 Å². The van der Waals surface area contributed by atoms with Crippen molar-refractivity contribution in [2.45, 2.75) is 106 Å². The average Bonchev–Trinajstić information content (AvgIpc) is 3.69. The molecule has 8 saturated carbocycles. The van der Waals surface area contributed by atoms with Gasteiger partial charge in [-0.25, -0.2) is 23.9 Å². The van der Waals surface area contributed by atoms with E-state index in [9.17, 15) is 9.90 Å². The summed E-state index contributed by atoms with van der Waals surface area (Å²) in [5.41, 5.74) is 1.53. The van der Waals surface area contributed by atoms with Crippen LogP contribution in [-0.2, 0) is 18.1 Å². The number of imidazole rings is 2. The first-order chi connectivity index (χ1) is 32.3. The minimum Gasteiger partial charge on any atom is -0.402 e. The Bertz CT molecular complexity index is 3540. The molecule has 8 aromatic rings. The molecule has 8 aliphatic carbocycles. The fourth-order valence-corrected chi connectivity index (χ4v) is 14.9. The summed E-state index contributed by atoms with van der Waals surface area (Å²) in [6.45, 7) is 1.99. The van der Waals surface area contributed by atoms with Crippen molar-refractivity contribution in [3.63, 3.8) is 0 Å². The van der Waals surface area contributed by atoms with Crippen LogP contribution in [0.4, 0.5) is 27.7 Å². The van der Waals surface area contributed by atoms with E-state index < -0.39 is 28.1 Å². The predicted octanol–water partition coefficient (Wildman–Crippen LogP) is 6.07. The van der Waals surface area contributed by atoms with Gasteiger partial charge >= 0.3 is 11.4 Å². The van der Waals surface area contributed by atoms with Gasteiger partial charge in [0.25, 0.3) is 0 Å². The lowest BCUT2D eigenvalue weighted by Crippen LogP contribution is -2.65. The summed E-state index contributed by atoms with van der Waals surface area (Å²) in [6.07, 6.45) is 15.4. The molecule has 0 radical (unpaired) electrons. The molecule has 340 valence electrons. The van der Waals surface area contributed by atoms with Gasteiger partial charge in [0.15, 0.2) is 11.3 Å². The summed E-state index contributed by atoms with van der Waals surface area (Å²) in [5, 5.41) is 36.3. The largest absolute Gasteiger partial charge is 0.402 e. The summed E-state index contributed by atoms with van der Waals surface area (Å²) >= 11 is 0. The molecule has 8 fully saturated rings. The van der Waals surface area contributed by atoms with Gasteiger partial charge in [-0.2, -0.15) is 30.4 Å². The number of hydrogen-bond acceptors (Lipinski definition) is 14. The number of halogens is 1. The van der Waals surface area contributed by atoms with Crippen LogP contribution in [0.25, 0.3) is 44.1 Å². The van der Waals surface area contributed by atoms with E-state index in [-0.39, 0.29) is 46.7 Å². The number of fused-ring (bicyclic) bond motifs is 4. The lowest BCUT2D eigenvalue weighted by atomic mass is 9.51. The smallest absolute Gasteiger partial charge is 0.363 e. The maximum absolute atomic E-state index is 15.5. The van der Waals surface area contributed by atoms with Crippen molar-refractivity contribution in [3.8, 4) is 0 Å². The van der Waals surface area contributed by atoms with Crippen LogP contribution in [0.5, 0.6) is 0 Å². The normalized spacial score (nSPS) is 30.3. The molecule has 8 aliphatic rings. The molecule has 67 heavy (non-hydrogen) atoms. The Morgan fingerprint density at radius 3 is 1.91 bits per heavy atom. The second-order valence-corrected chi connectivity index (χ2v) is 21.2. The quantitative estimate of drug-likeness (QED) is 0.158. The van der Waals surface area contributed by atoms with E-state index in [1.807, 2.05) is 29.7 Å². The first-order valence-electron chi connectivity index (χ1n) is 23.4. The van der Waals surface area contributed by atoms with Crippen molar-refractivity contribution in [2.24, 2.45) is 30.7 Å². The van der Waals surface area contributed by atoms with Gasteiger partial charge in [-0.3, -0.25) is 13.7 Å². The van der Waals surface area contributed by atoms with Crippen molar-refractivity contribution in [2.75, 3.05) is 10.6 Å². The maximum atomic E-state index is 15.5. The fourth-order valence-electron chi connectivity index (χ4n) is 14.9. The summed E-state index contributed by atoms with van der Waals surface area (Å²) in [6, 6.07) is 10.6. The Labute approximate surface area is 380 Å². The molecule has 16 rings (SSSR count). The number of aliphatic hydroxyl groups is 1. The lowest BCUT2D eigenvalue weighted by Gasteiger charge is -2.61. The second kappa shape index (κ2) is 13.4. The molecule has 0 amide bonds. The van der Waals surface area contributed by atoms with Crippen LogP contribution in [0.15, 0.2) is 70.8 Å². The van der Waals surface area contributed by atoms with Crippen LogP contribution in [0.3, 0.4) is 0 Å². The van der Waals surface area contributed by atoms with Crippen LogP contribution in [0.1, 0.15) is 82.6 Å². The van der Waals surface area contributed by atoms with E-state index >= 15 is 9.18 Å². The molecule has 6 aromatic heterocycles. The molecule has 18 nitrogen and oxygen atoms in total. The zero-order chi connectivity index (χ0) is 45.2. The zero-order valence-electron chi connectivity index (χ0n) is 37.0. The number of hydrogen-bond donors (Lipinski definition) is 3. The summed E-state index contributed by atoms with van der Waals surface area (Å²) in [4.78, 5) is 56.7. The first kappa shape index (κ1) is 39.3. The Morgan fingerprint density at radius 1 is 0.701 bits per heavy atom. The number of aryl methyl sites for hydroxylation is 2. The Morgan fingerprint density at radius 2 is 1.25 bits per heavy atom. The molecule has 4 unspecified atom stereocenters. The van der Waals surface area contributed by atoms with Crippen molar-refractivity contribution >= 4 is 67.4 Å². The van der Waals surface area contributed by atoms with Crippen molar-refractivity contribution < 1.29 is 14.3 Å². The monoisotopic (exact) mass is 902 g/mol. The molecule has 2 aromatic carbocycles. The highest BCUT2D eigenvalue weighted by atomic mass is 19.1. The summed E-state index contributed by atoms with van der Waals surface area (Å²) in [5.74, 6) is 0.970. The topological polar surface area (TPSA) is 210 Å². The van der Waals surface area contributed by atoms with Gasteiger partial charge in [-0.15, -0.1) is 4.73 Å². The van der Waals surface area contributed by atoms with Crippen LogP contribution in [-0.4, -0.2) is 75.1 Å². The van der Waals surface area contributed by atoms with Crippen LogP contribution >= 0.6 is 0 Å². The predicted molar refractivity (Wildman–Crippen MR) is 244 cm³/mol. The fraction of sp³-hybridized carbons (Fsp3) is 0.458. The summed E-state index contributed by atoms with van der Waals surface area (Å²) in [7, 11) is 1.76. The van der Waals surface area contributed by atoms with E-state index in [2.05, 4.69) is 41.0 Å². The second-order valence-electron chi connectivity index (χ2n) is 21.2. The number of aromatic nitrogens is 12. The van der Waals surface area contributed by atoms with E-state index in [0.717, 1.165) is 86.4 Å². The highest BCUT2D eigenvalue weighted by Gasteiger charge is 2.63. The molecule has 0 aliphatic heterocycles. The molecule has 0 spiro atoms. The third-order valence-corrected chi connectivity index (χ3v) is 16.5. The van der Waals surface area contributed by atoms with Crippen molar-refractivity contribution in [1.82, 2.24) is 58.8 Å². The van der Waals surface area contributed by atoms with E-state index in [1.165, 1.54) is 10.8 Å². The van der Waals surface area contributed by atoms with E-state index in [1.54, 1.807) is 53.1 Å². The standard InChI is InChI=1S/C48H47FN14O4/c1-25-7-34-30(3-5-52-58-34)10-33(25)54-41-50-21-37-39(56-41)61(43(64)60(37)2)46-15-28-9-29(16-46)20-48(19-28,24-46)67-63-38-22-51-42(55-36-11-31-4-6-53-59-35(31)12-32(36)49)57-40(38)62(44(63)65)45-13-26-8-27(14-45)18-47(66,17-26)23-45/h3-7,10-12,21-22,26-29,66H,8-9,13-20,23-24H2,1-2H3,(H,50,54,56)(H,51,55,57). The minimum atomic E-state index is -0.871. The number of anilines is 4. The van der Waals surface area contributed by atoms with Gasteiger partial charge < -0.3 is 20.6 Å². The van der Waals surface area contributed by atoms with Gasteiger partial charge in [0.1, 0.15) is 22.5 Å². The molecule has 0 saturated heterocycles. The Kier molecular flexibility index (Phi) is 7.85. The average molecular weight is 903 g/mol. The molecule has 3 N–H and O–H groups in total. The van der Waals surface area contributed by atoms with Gasteiger partial charge in [0.05, 0.1) is 58.2 Å². The molecule has 6 heterocycles. The van der Waals surface area contributed by atoms with Gasteiger partial charge in [0, 0.05) is 36.0 Å². The highest BCUT2D eigenvalue weighted by Crippen LogP contribution is 2.62. The number of nitrogens with zero attached hydrogens (tertiary/aromatic N) is 12. The van der Waals surface area contributed by atoms with Crippen molar-refractivity contribution in [1.29, 1.82) is 0 Å². The highest BCUT2D eigenvalue weighted by molar-refractivity contribution is 5.85. The number of benzene rings is 2. The molecular formula is C48H47FN14O4. The van der Waals surface area contributed by atoms with Crippen LogP contribution < -0.4 is 26.9 Å². The van der Waals surface area contributed by atoms with Crippen LogP contribution in [0, 0.1) is 36.4 Å². The van der Waals surface area contributed by atoms with Gasteiger partial charge in [0.2, 0.25) is 11.9 Å².